The van der Waals surface area contributed by atoms with Crippen molar-refractivity contribution in [1.82, 2.24) is 0 Å². The van der Waals surface area contributed by atoms with E-state index in [0.717, 1.165) is 38.5 Å². The fraction of sp³-hybridized carbons (Fsp3) is 0.667. The van der Waals surface area contributed by atoms with Gasteiger partial charge in [0.05, 0.1) is 12.5 Å². The van der Waals surface area contributed by atoms with E-state index < -0.39 is 0 Å². The van der Waals surface area contributed by atoms with Crippen LogP contribution in [0.3, 0.4) is 0 Å². The number of allylic oxidation sites excluding steroid dienone is 6. The van der Waals surface area contributed by atoms with Crippen LogP contribution in [0, 0.1) is 11.8 Å². The van der Waals surface area contributed by atoms with Crippen molar-refractivity contribution in [3.8, 4) is 0 Å². The van der Waals surface area contributed by atoms with E-state index in [0.29, 0.717) is 5.92 Å². The largest absolute Gasteiger partial charge is 0.463 e. The molecule has 0 aromatic heterocycles. The molecule has 0 aromatic rings. The summed E-state index contributed by atoms with van der Waals surface area (Å²) in [7, 11) is 0. The lowest BCUT2D eigenvalue weighted by Gasteiger charge is -2.27. The van der Waals surface area contributed by atoms with Gasteiger partial charge in [0.25, 0.3) is 0 Å². The van der Waals surface area contributed by atoms with Gasteiger partial charge in [0.1, 0.15) is 6.61 Å². The number of rotatable bonds is 9. The maximum Gasteiger partial charge on any atom is 0.309 e. The maximum absolute atomic E-state index is 11.9. The van der Waals surface area contributed by atoms with Crippen molar-refractivity contribution >= 4 is 5.97 Å². The summed E-state index contributed by atoms with van der Waals surface area (Å²) in [5.41, 5.74) is 4.31. The average molecular weight is 335 g/mol. The molecule has 0 spiro atoms. The van der Waals surface area contributed by atoms with E-state index in [1.54, 1.807) is 0 Å². The smallest absolute Gasteiger partial charge is 0.309 e. The highest BCUT2D eigenvalue weighted by Gasteiger charge is 2.29. The summed E-state index contributed by atoms with van der Waals surface area (Å²) < 4.78 is 5.07. The minimum absolute atomic E-state index is 0.0540. The zero-order valence-electron chi connectivity index (χ0n) is 15.8. The molecule has 3 nitrogen and oxygen atoms in total. The SMILES string of the molecule is CC(C)=CCC/C(C)=C/CCC1=CCC(C(=O)OCCO)C(C)C1. The quantitative estimate of drug-likeness (QED) is 0.478. The van der Waals surface area contributed by atoms with Crippen LogP contribution in [-0.4, -0.2) is 24.3 Å². The van der Waals surface area contributed by atoms with Crippen molar-refractivity contribution in [2.45, 2.75) is 66.2 Å². The van der Waals surface area contributed by atoms with E-state index in [1.807, 2.05) is 0 Å². The van der Waals surface area contributed by atoms with Crippen molar-refractivity contribution in [2.24, 2.45) is 11.8 Å². The third-order valence-electron chi connectivity index (χ3n) is 4.62. The monoisotopic (exact) mass is 334 g/mol. The number of hydrogen-bond donors (Lipinski definition) is 1. The topological polar surface area (TPSA) is 46.5 Å². The lowest BCUT2D eigenvalue weighted by molar-refractivity contribution is -0.151. The number of hydrogen-bond acceptors (Lipinski definition) is 3. The van der Waals surface area contributed by atoms with Crippen LogP contribution in [-0.2, 0) is 9.53 Å². The summed E-state index contributed by atoms with van der Waals surface area (Å²) in [5.74, 6) is 0.0995. The molecule has 1 rings (SSSR count). The number of carbonyl (C=O) groups is 1. The Kier molecular flexibility index (Phi) is 9.70. The summed E-state index contributed by atoms with van der Waals surface area (Å²) in [6.07, 6.45) is 13.0. The number of esters is 1. The van der Waals surface area contributed by atoms with E-state index >= 15 is 0 Å². The van der Waals surface area contributed by atoms with Crippen molar-refractivity contribution in [3.05, 3.63) is 34.9 Å². The van der Waals surface area contributed by atoms with Crippen LogP contribution in [0.25, 0.3) is 0 Å². The van der Waals surface area contributed by atoms with E-state index in [1.165, 1.54) is 16.7 Å². The Morgan fingerprint density at radius 3 is 2.67 bits per heavy atom. The van der Waals surface area contributed by atoms with E-state index in [4.69, 9.17) is 9.84 Å². The molecule has 1 N–H and O–H groups in total. The molecule has 0 aliphatic heterocycles. The molecule has 0 radical (unpaired) electrons. The second kappa shape index (κ2) is 11.2. The highest BCUT2D eigenvalue weighted by Crippen LogP contribution is 2.32. The molecule has 1 aliphatic rings. The molecule has 0 heterocycles. The van der Waals surface area contributed by atoms with E-state index in [-0.39, 0.29) is 25.1 Å². The zero-order valence-corrected chi connectivity index (χ0v) is 15.8. The summed E-state index contributed by atoms with van der Waals surface area (Å²) >= 11 is 0. The summed E-state index contributed by atoms with van der Waals surface area (Å²) in [6, 6.07) is 0. The van der Waals surface area contributed by atoms with Crippen LogP contribution in [0.4, 0.5) is 0 Å². The first-order valence-corrected chi connectivity index (χ1v) is 9.18. The Morgan fingerprint density at radius 2 is 2.04 bits per heavy atom. The molecule has 0 fully saturated rings. The molecule has 1 aliphatic carbocycles. The third kappa shape index (κ3) is 7.96. The Morgan fingerprint density at radius 1 is 1.29 bits per heavy atom. The lowest BCUT2D eigenvalue weighted by Crippen LogP contribution is -2.27. The number of aliphatic hydroxyl groups excluding tert-OH is 1. The van der Waals surface area contributed by atoms with Gasteiger partial charge in [-0.25, -0.2) is 0 Å². The van der Waals surface area contributed by atoms with Crippen LogP contribution >= 0.6 is 0 Å². The van der Waals surface area contributed by atoms with Crippen LogP contribution in [0.5, 0.6) is 0 Å². The minimum Gasteiger partial charge on any atom is -0.463 e. The molecule has 0 saturated carbocycles. The van der Waals surface area contributed by atoms with Gasteiger partial charge in [-0.15, -0.1) is 0 Å². The Hall–Kier alpha value is -1.35. The highest BCUT2D eigenvalue weighted by atomic mass is 16.5. The van der Waals surface area contributed by atoms with Gasteiger partial charge < -0.3 is 9.84 Å². The first kappa shape index (κ1) is 20.7. The van der Waals surface area contributed by atoms with Gasteiger partial charge in [-0.1, -0.05) is 41.9 Å². The van der Waals surface area contributed by atoms with Crippen molar-refractivity contribution in [1.29, 1.82) is 0 Å². The van der Waals surface area contributed by atoms with Crippen LogP contribution in [0.2, 0.25) is 0 Å². The molecule has 0 amide bonds. The van der Waals surface area contributed by atoms with Gasteiger partial charge in [-0.05, 0) is 65.2 Å². The van der Waals surface area contributed by atoms with Gasteiger partial charge in [-0.2, -0.15) is 0 Å². The Labute approximate surface area is 147 Å². The highest BCUT2D eigenvalue weighted by molar-refractivity contribution is 5.73. The van der Waals surface area contributed by atoms with Gasteiger partial charge in [0.15, 0.2) is 0 Å². The van der Waals surface area contributed by atoms with E-state index in [9.17, 15) is 4.79 Å². The maximum atomic E-state index is 11.9. The molecular formula is C21H34O3. The Balaban J connectivity index is 2.38. The second-order valence-corrected chi connectivity index (χ2v) is 7.19. The van der Waals surface area contributed by atoms with Gasteiger partial charge in [0.2, 0.25) is 0 Å². The molecule has 136 valence electrons. The van der Waals surface area contributed by atoms with Crippen molar-refractivity contribution in [3.63, 3.8) is 0 Å². The van der Waals surface area contributed by atoms with Gasteiger partial charge in [-0.3, -0.25) is 4.79 Å². The zero-order chi connectivity index (χ0) is 17.9. The Bertz CT molecular complexity index is 481. The van der Waals surface area contributed by atoms with Crippen molar-refractivity contribution in [2.75, 3.05) is 13.2 Å². The van der Waals surface area contributed by atoms with Crippen molar-refractivity contribution < 1.29 is 14.6 Å². The molecule has 2 unspecified atom stereocenters. The second-order valence-electron chi connectivity index (χ2n) is 7.19. The van der Waals surface area contributed by atoms with Gasteiger partial charge >= 0.3 is 5.97 Å². The normalized spacial score (nSPS) is 21.2. The minimum atomic E-state index is -0.165. The molecule has 3 heteroatoms. The molecule has 24 heavy (non-hydrogen) atoms. The number of aliphatic hydroxyl groups is 1. The lowest BCUT2D eigenvalue weighted by atomic mass is 9.79. The first-order chi connectivity index (χ1) is 11.4. The number of carbonyl (C=O) groups excluding carboxylic acids is 1. The summed E-state index contributed by atoms with van der Waals surface area (Å²) in [4.78, 5) is 11.9. The summed E-state index contributed by atoms with van der Waals surface area (Å²) in [5, 5.41) is 8.75. The molecule has 2 atom stereocenters. The van der Waals surface area contributed by atoms with Gasteiger partial charge in [0, 0.05) is 0 Å². The third-order valence-corrected chi connectivity index (χ3v) is 4.62. The first-order valence-electron chi connectivity index (χ1n) is 9.18. The predicted molar refractivity (Wildman–Crippen MR) is 99.7 cm³/mol. The predicted octanol–water partition coefficient (Wildman–Crippen LogP) is 4.97. The van der Waals surface area contributed by atoms with Crippen LogP contribution < -0.4 is 0 Å². The van der Waals surface area contributed by atoms with Crippen LogP contribution in [0.1, 0.15) is 66.2 Å². The standard InChI is InChI=1S/C21H34O3/c1-16(2)7-5-8-17(3)9-6-10-19-11-12-20(18(4)15-19)21(23)24-14-13-22/h7,9,11,18,20,22H,5-6,8,10,12-15H2,1-4H3/b17-9+. The summed E-state index contributed by atoms with van der Waals surface area (Å²) in [6.45, 7) is 8.62. The van der Waals surface area contributed by atoms with E-state index in [2.05, 4.69) is 45.9 Å². The molecule has 0 bridgehead atoms. The fourth-order valence-corrected chi connectivity index (χ4v) is 3.15. The average Bonchev–Trinajstić information content (AvgIpc) is 2.52. The molecular weight excluding hydrogens is 300 g/mol. The molecule has 0 saturated heterocycles. The number of ether oxygens (including phenoxy) is 1. The van der Waals surface area contributed by atoms with Crippen LogP contribution in [0.15, 0.2) is 34.9 Å². The fourth-order valence-electron chi connectivity index (χ4n) is 3.15. The molecule has 0 aromatic carbocycles.